The summed E-state index contributed by atoms with van der Waals surface area (Å²) in [6.45, 7) is 1.70. The van der Waals surface area contributed by atoms with Crippen molar-refractivity contribution in [2.45, 2.75) is 6.92 Å². The molecule has 0 saturated heterocycles. The van der Waals surface area contributed by atoms with E-state index in [0.717, 1.165) is 0 Å². The number of para-hydroxylation sites is 1. The van der Waals surface area contributed by atoms with Crippen molar-refractivity contribution in [2.75, 3.05) is 0 Å². The normalized spacial score (nSPS) is 10.1. The first-order chi connectivity index (χ1) is 7.66. The predicted molar refractivity (Wildman–Crippen MR) is 56.3 cm³/mol. The lowest BCUT2D eigenvalue weighted by Gasteiger charge is -2.05. The van der Waals surface area contributed by atoms with Gasteiger partial charge in [0.05, 0.1) is 5.56 Å². The van der Waals surface area contributed by atoms with Gasteiger partial charge in [0.25, 0.3) is 5.91 Å². The summed E-state index contributed by atoms with van der Waals surface area (Å²) in [5.74, 6) is 0.524. The number of aryl methyl sites for hydroxylation is 1. The number of nitrogens with zero attached hydrogens (tertiary/aromatic N) is 1. The van der Waals surface area contributed by atoms with E-state index < -0.39 is 5.91 Å². The minimum atomic E-state index is -0.549. The molecule has 5 heteroatoms. The number of nitrogens with two attached hydrogens (primary N) is 1. The van der Waals surface area contributed by atoms with Crippen LogP contribution in [0.5, 0.6) is 11.7 Å². The molecular formula is C11H10N2O3. The Morgan fingerprint density at radius 1 is 1.44 bits per heavy atom. The predicted octanol–water partition coefficient (Wildman–Crippen LogP) is 1.87. The minimum absolute atomic E-state index is 0.228. The van der Waals surface area contributed by atoms with Crippen LogP contribution in [0, 0.1) is 6.92 Å². The molecule has 1 amide bonds. The van der Waals surface area contributed by atoms with Crippen LogP contribution < -0.4 is 10.5 Å². The molecule has 2 N–H and O–H groups in total. The quantitative estimate of drug-likeness (QED) is 0.852. The summed E-state index contributed by atoms with van der Waals surface area (Å²) in [4.78, 5) is 15.0. The van der Waals surface area contributed by atoms with Gasteiger partial charge in [-0.05, 0) is 12.1 Å². The Bertz CT molecular complexity index is 519. The van der Waals surface area contributed by atoms with Crippen molar-refractivity contribution in [2.24, 2.45) is 5.73 Å². The third-order valence-electron chi connectivity index (χ3n) is 1.96. The average Bonchev–Trinajstić information content (AvgIpc) is 2.64. The second-order valence-electron chi connectivity index (χ2n) is 3.16. The lowest BCUT2D eigenvalue weighted by molar-refractivity contribution is 0.0997. The summed E-state index contributed by atoms with van der Waals surface area (Å²) < 4.78 is 10.5. The molecule has 1 aromatic carbocycles. The smallest absolute Gasteiger partial charge is 0.310 e. The fourth-order valence-electron chi connectivity index (χ4n) is 1.26. The maximum atomic E-state index is 11.1. The lowest BCUT2D eigenvalue weighted by atomic mass is 10.2. The van der Waals surface area contributed by atoms with E-state index in [-0.39, 0.29) is 5.95 Å². The van der Waals surface area contributed by atoms with E-state index in [9.17, 15) is 4.79 Å². The monoisotopic (exact) mass is 218 g/mol. The van der Waals surface area contributed by atoms with Gasteiger partial charge in [0.1, 0.15) is 11.9 Å². The molecule has 0 atom stereocenters. The number of oxazole rings is 1. The van der Waals surface area contributed by atoms with Crippen LogP contribution in [-0.2, 0) is 0 Å². The van der Waals surface area contributed by atoms with Crippen molar-refractivity contribution >= 4 is 5.91 Å². The van der Waals surface area contributed by atoms with Crippen molar-refractivity contribution in [1.29, 1.82) is 0 Å². The number of rotatable bonds is 3. The van der Waals surface area contributed by atoms with Gasteiger partial charge < -0.3 is 14.9 Å². The van der Waals surface area contributed by atoms with Crippen molar-refractivity contribution in [1.82, 2.24) is 4.98 Å². The summed E-state index contributed by atoms with van der Waals surface area (Å²) in [6, 6.07) is 6.67. The van der Waals surface area contributed by atoms with Gasteiger partial charge in [-0.25, -0.2) is 4.98 Å². The Balaban J connectivity index is 2.31. The van der Waals surface area contributed by atoms with Crippen molar-refractivity contribution in [3.63, 3.8) is 0 Å². The number of hydrogen-bond donors (Lipinski definition) is 1. The zero-order valence-corrected chi connectivity index (χ0v) is 8.64. The van der Waals surface area contributed by atoms with E-state index in [0.29, 0.717) is 17.2 Å². The van der Waals surface area contributed by atoms with Gasteiger partial charge in [-0.1, -0.05) is 12.1 Å². The van der Waals surface area contributed by atoms with Crippen LogP contribution in [0.15, 0.2) is 34.9 Å². The number of amides is 1. The first-order valence-electron chi connectivity index (χ1n) is 4.66. The molecule has 0 aliphatic rings. The van der Waals surface area contributed by atoms with Gasteiger partial charge in [0.2, 0.25) is 0 Å². The summed E-state index contributed by atoms with van der Waals surface area (Å²) >= 11 is 0. The van der Waals surface area contributed by atoms with E-state index in [1.807, 2.05) is 0 Å². The first-order valence-corrected chi connectivity index (χ1v) is 4.66. The maximum Gasteiger partial charge on any atom is 0.310 e. The highest BCUT2D eigenvalue weighted by molar-refractivity contribution is 5.95. The fourth-order valence-corrected chi connectivity index (χ4v) is 1.26. The van der Waals surface area contributed by atoms with E-state index in [4.69, 9.17) is 14.9 Å². The largest absolute Gasteiger partial charge is 0.424 e. The van der Waals surface area contributed by atoms with Gasteiger partial charge in [-0.15, -0.1) is 0 Å². The van der Waals surface area contributed by atoms with Gasteiger partial charge in [0.15, 0.2) is 5.89 Å². The minimum Gasteiger partial charge on any atom is -0.424 e. The number of hydrogen-bond acceptors (Lipinski definition) is 4. The maximum absolute atomic E-state index is 11.1. The van der Waals surface area contributed by atoms with Gasteiger partial charge >= 0.3 is 5.95 Å². The molecule has 2 rings (SSSR count). The molecule has 0 bridgehead atoms. The van der Waals surface area contributed by atoms with Crippen LogP contribution in [0.25, 0.3) is 0 Å². The molecule has 1 heterocycles. The highest BCUT2D eigenvalue weighted by Crippen LogP contribution is 2.25. The van der Waals surface area contributed by atoms with Crippen LogP contribution in [0.1, 0.15) is 16.2 Å². The number of carbonyl (C=O) groups excluding carboxylic acids is 1. The lowest BCUT2D eigenvalue weighted by Crippen LogP contribution is -2.11. The highest BCUT2D eigenvalue weighted by atomic mass is 16.6. The van der Waals surface area contributed by atoms with Crippen molar-refractivity contribution in [3.05, 3.63) is 41.9 Å². The van der Waals surface area contributed by atoms with Crippen molar-refractivity contribution in [3.8, 4) is 11.7 Å². The molecule has 0 radical (unpaired) electrons. The molecule has 16 heavy (non-hydrogen) atoms. The molecule has 1 aromatic heterocycles. The number of ether oxygens (including phenoxy) is 1. The number of primary amides is 1. The van der Waals surface area contributed by atoms with Crippen LogP contribution in [-0.4, -0.2) is 10.9 Å². The Morgan fingerprint density at radius 3 is 2.81 bits per heavy atom. The Kier molecular flexibility index (Phi) is 2.59. The van der Waals surface area contributed by atoms with E-state index >= 15 is 0 Å². The molecule has 0 spiro atoms. The molecule has 0 aliphatic carbocycles. The Labute approximate surface area is 91.8 Å². The van der Waals surface area contributed by atoms with Gasteiger partial charge in [-0.2, -0.15) is 0 Å². The number of aromatic nitrogens is 1. The first kappa shape index (κ1) is 10.2. The van der Waals surface area contributed by atoms with Crippen LogP contribution in [0.2, 0.25) is 0 Å². The average molecular weight is 218 g/mol. The van der Waals surface area contributed by atoms with E-state index in [1.165, 1.54) is 6.20 Å². The fraction of sp³-hybridized carbons (Fsp3) is 0.0909. The molecule has 2 aromatic rings. The van der Waals surface area contributed by atoms with Crippen LogP contribution >= 0.6 is 0 Å². The molecule has 0 saturated carbocycles. The van der Waals surface area contributed by atoms with Crippen LogP contribution in [0.4, 0.5) is 0 Å². The number of benzene rings is 1. The van der Waals surface area contributed by atoms with Gasteiger partial charge in [0, 0.05) is 6.92 Å². The van der Waals surface area contributed by atoms with Crippen molar-refractivity contribution < 1.29 is 13.9 Å². The zero-order valence-electron chi connectivity index (χ0n) is 8.64. The summed E-state index contributed by atoms with van der Waals surface area (Å²) in [6.07, 6.45) is 1.44. The number of carbonyl (C=O) groups is 1. The molecular weight excluding hydrogens is 208 g/mol. The second-order valence-corrected chi connectivity index (χ2v) is 3.16. The standard InChI is InChI=1S/C11H10N2O3/c1-7-13-6-10(15-7)16-9-5-3-2-4-8(9)11(12)14/h2-6H,1H3,(H2,12,14). The highest BCUT2D eigenvalue weighted by Gasteiger charge is 2.10. The SMILES string of the molecule is Cc1ncc(Oc2ccccc2C(N)=O)o1. The topological polar surface area (TPSA) is 78.4 Å². The Hall–Kier alpha value is -2.30. The van der Waals surface area contributed by atoms with Crippen LogP contribution in [0.3, 0.4) is 0 Å². The molecule has 0 aliphatic heterocycles. The third-order valence-corrected chi connectivity index (χ3v) is 1.96. The van der Waals surface area contributed by atoms with E-state index in [1.54, 1.807) is 31.2 Å². The third kappa shape index (κ3) is 2.03. The van der Waals surface area contributed by atoms with Gasteiger partial charge in [-0.3, -0.25) is 4.79 Å². The summed E-state index contributed by atoms with van der Waals surface area (Å²) in [5.41, 5.74) is 5.51. The van der Waals surface area contributed by atoms with E-state index in [2.05, 4.69) is 4.98 Å². The molecule has 82 valence electrons. The Morgan fingerprint density at radius 2 is 2.19 bits per heavy atom. The molecule has 0 fully saturated rings. The summed E-state index contributed by atoms with van der Waals surface area (Å²) in [7, 11) is 0. The molecule has 5 nitrogen and oxygen atoms in total. The molecule has 0 unspecified atom stereocenters. The summed E-state index contributed by atoms with van der Waals surface area (Å²) in [5, 5.41) is 0. The zero-order chi connectivity index (χ0) is 11.5. The second kappa shape index (κ2) is 4.06.